The summed E-state index contributed by atoms with van der Waals surface area (Å²) in [5.74, 6) is -1.61. The molecule has 0 spiro atoms. The maximum Gasteiger partial charge on any atom is 0.337 e. The van der Waals surface area contributed by atoms with Gasteiger partial charge in [0.1, 0.15) is 5.69 Å². The number of carbonyl (C=O) groups excluding carboxylic acids is 1. The van der Waals surface area contributed by atoms with Gasteiger partial charge in [-0.15, -0.1) is 0 Å². The van der Waals surface area contributed by atoms with E-state index in [4.69, 9.17) is 5.11 Å². The summed E-state index contributed by atoms with van der Waals surface area (Å²) in [6.07, 6.45) is 1.43. The average molecular weight is 389 g/mol. The predicted molar refractivity (Wildman–Crippen MR) is 75.3 cm³/mol. The zero-order chi connectivity index (χ0) is 14.0. The van der Waals surface area contributed by atoms with Gasteiger partial charge in [0.25, 0.3) is 5.91 Å². The van der Waals surface area contributed by atoms with Crippen LogP contribution in [0.25, 0.3) is 0 Å². The van der Waals surface area contributed by atoms with E-state index < -0.39 is 11.9 Å². The van der Waals surface area contributed by atoms with Crippen LogP contribution in [0.4, 0.5) is 5.69 Å². The van der Waals surface area contributed by atoms with Gasteiger partial charge in [0, 0.05) is 15.1 Å². The third-order valence-corrected chi connectivity index (χ3v) is 3.35. The highest BCUT2D eigenvalue weighted by Crippen LogP contribution is 2.31. The molecule has 0 radical (unpaired) electrons. The first kappa shape index (κ1) is 13.8. The molecule has 19 heavy (non-hydrogen) atoms. The maximum absolute atomic E-state index is 11.9. The Morgan fingerprint density at radius 3 is 2.63 bits per heavy atom. The van der Waals surface area contributed by atoms with E-state index in [2.05, 4.69) is 47.4 Å². The smallest absolute Gasteiger partial charge is 0.337 e. The molecule has 0 aliphatic heterocycles. The summed E-state index contributed by atoms with van der Waals surface area (Å²) in [6, 6.07) is 4.55. The van der Waals surface area contributed by atoms with Crippen LogP contribution in [0.15, 0.2) is 33.3 Å². The lowest BCUT2D eigenvalue weighted by molar-refractivity contribution is 0.0698. The highest BCUT2D eigenvalue weighted by Gasteiger charge is 2.18. The van der Waals surface area contributed by atoms with E-state index in [1.165, 1.54) is 18.3 Å². The largest absolute Gasteiger partial charge is 0.478 e. The number of hydrogen-bond donors (Lipinski definition) is 3. The molecule has 8 heteroatoms. The molecule has 0 aliphatic carbocycles. The van der Waals surface area contributed by atoms with E-state index in [9.17, 15) is 9.59 Å². The summed E-state index contributed by atoms with van der Waals surface area (Å²) in [7, 11) is 0. The first-order valence-corrected chi connectivity index (χ1v) is 6.60. The highest BCUT2D eigenvalue weighted by atomic mass is 79.9. The summed E-state index contributed by atoms with van der Waals surface area (Å²) >= 11 is 6.42. The predicted octanol–water partition coefficient (Wildman–Crippen LogP) is 2.89. The third kappa shape index (κ3) is 3.02. The van der Waals surface area contributed by atoms with Gasteiger partial charge in [-0.3, -0.25) is 9.89 Å². The second-order valence-corrected chi connectivity index (χ2v) is 5.31. The van der Waals surface area contributed by atoms with Crippen LogP contribution >= 0.6 is 31.9 Å². The standard InChI is InChI=1S/C11H7Br2N3O3/c12-5-3-6(11(18)19)9(7(13)4-5)15-10(17)8-1-2-14-16-8/h1-4H,(H,14,16)(H,15,17)(H,18,19). The SMILES string of the molecule is O=C(Nc1c(Br)cc(Br)cc1C(=O)O)c1ccn[nH]1. The Morgan fingerprint density at radius 2 is 2.05 bits per heavy atom. The second kappa shape index (κ2) is 5.54. The maximum atomic E-state index is 11.9. The van der Waals surface area contributed by atoms with Crippen LogP contribution < -0.4 is 5.32 Å². The molecule has 0 fully saturated rings. The van der Waals surface area contributed by atoms with Crippen molar-refractivity contribution in [3.05, 3.63) is 44.6 Å². The molecule has 2 aromatic rings. The summed E-state index contributed by atoms with van der Waals surface area (Å²) in [5.41, 5.74) is 0.413. The fraction of sp³-hybridized carbons (Fsp3) is 0. The lowest BCUT2D eigenvalue weighted by Crippen LogP contribution is -2.16. The minimum absolute atomic E-state index is 0.0193. The Hall–Kier alpha value is -1.67. The molecule has 0 atom stereocenters. The number of aromatic amines is 1. The lowest BCUT2D eigenvalue weighted by atomic mass is 10.1. The van der Waals surface area contributed by atoms with Crippen molar-refractivity contribution in [1.29, 1.82) is 0 Å². The topological polar surface area (TPSA) is 95.1 Å². The second-order valence-electron chi connectivity index (χ2n) is 3.54. The monoisotopic (exact) mass is 387 g/mol. The Balaban J connectivity index is 2.39. The molecule has 0 saturated heterocycles. The Morgan fingerprint density at radius 1 is 1.32 bits per heavy atom. The van der Waals surface area contributed by atoms with Crippen molar-refractivity contribution in [3.8, 4) is 0 Å². The van der Waals surface area contributed by atoms with Crippen molar-refractivity contribution in [2.75, 3.05) is 5.32 Å². The number of anilines is 1. The van der Waals surface area contributed by atoms with Crippen LogP contribution in [0.3, 0.4) is 0 Å². The number of hydrogen-bond acceptors (Lipinski definition) is 3. The van der Waals surface area contributed by atoms with Gasteiger partial charge < -0.3 is 10.4 Å². The number of carbonyl (C=O) groups is 2. The molecule has 0 saturated carbocycles. The molecule has 1 amide bonds. The molecule has 0 bridgehead atoms. The first-order chi connectivity index (χ1) is 8.99. The summed E-state index contributed by atoms with van der Waals surface area (Å²) in [5, 5.41) is 17.8. The van der Waals surface area contributed by atoms with E-state index in [0.717, 1.165) is 0 Å². The van der Waals surface area contributed by atoms with Gasteiger partial charge in [-0.05, 0) is 34.1 Å². The minimum Gasteiger partial charge on any atom is -0.478 e. The summed E-state index contributed by atoms with van der Waals surface area (Å²) < 4.78 is 1.06. The Kier molecular flexibility index (Phi) is 4.01. The van der Waals surface area contributed by atoms with Crippen molar-refractivity contribution in [1.82, 2.24) is 10.2 Å². The molecular weight excluding hydrogens is 382 g/mol. The van der Waals surface area contributed by atoms with Gasteiger partial charge in [-0.25, -0.2) is 4.79 Å². The molecule has 0 aliphatic rings. The number of nitrogens with one attached hydrogen (secondary N) is 2. The normalized spacial score (nSPS) is 10.2. The number of amides is 1. The average Bonchev–Trinajstić information content (AvgIpc) is 2.85. The van der Waals surface area contributed by atoms with E-state index in [1.54, 1.807) is 6.07 Å². The van der Waals surface area contributed by atoms with E-state index in [1.807, 2.05) is 0 Å². The Bertz CT molecular complexity index is 641. The number of H-pyrrole nitrogens is 1. The minimum atomic E-state index is -1.14. The third-order valence-electron chi connectivity index (χ3n) is 2.27. The Labute approximate surface area is 124 Å². The lowest BCUT2D eigenvalue weighted by Gasteiger charge is -2.10. The molecule has 1 aromatic carbocycles. The van der Waals surface area contributed by atoms with Gasteiger partial charge in [-0.1, -0.05) is 15.9 Å². The fourth-order valence-electron chi connectivity index (χ4n) is 1.43. The van der Waals surface area contributed by atoms with E-state index >= 15 is 0 Å². The molecule has 3 N–H and O–H groups in total. The molecular formula is C11H7Br2N3O3. The van der Waals surface area contributed by atoms with Crippen LogP contribution in [-0.4, -0.2) is 27.2 Å². The number of aromatic carboxylic acids is 1. The van der Waals surface area contributed by atoms with Crippen molar-refractivity contribution in [2.24, 2.45) is 0 Å². The van der Waals surface area contributed by atoms with Crippen LogP contribution in [0.1, 0.15) is 20.8 Å². The summed E-state index contributed by atoms with van der Waals surface area (Å²) in [4.78, 5) is 23.1. The number of carboxylic acid groups (broad SMARTS) is 1. The van der Waals surface area contributed by atoms with Crippen LogP contribution in [0.2, 0.25) is 0 Å². The number of carboxylic acids is 1. The fourth-order valence-corrected chi connectivity index (χ4v) is 2.76. The number of halogens is 2. The van der Waals surface area contributed by atoms with Gasteiger partial charge in [0.15, 0.2) is 0 Å². The van der Waals surface area contributed by atoms with Crippen molar-refractivity contribution >= 4 is 49.4 Å². The van der Waals surface area contributed by atoms with Crippen LogP contribution in [0, 0.1) is 0 Å². The van der Waals surface area contributed by atoms with Crippen molar-refractivity contribution in [2.45, 2.75) is 0 Å². The van der Waals surface area contributed by atoms with Gasteiger partial charge in [0.2, 0.25) is 0 Å². The van der Waals surface area contributed by atoms with Crippen molar-refractivity contribution < 1.29 is 14.7 Å². The molecule has 0 unspecified atom stereocenters. The zero-order valence-electron chi connectivity index (χ0n) is 9.28. The van der Waals surface area contributed by atoms with Crippen LogP contribution in [0.5, 0.6) is 0 Å². The summed E-state index contributed by atoms with van der Waals surface area (Å²) in [6.45, 7) is 0. The zero-order valence-corrected chi connectivity index (χ0v) is 12.4. The molecule has 2 rings (SSSR count). The molecule has 6 nitrogen and oxygen atoms in total. The molecule has 98 valence electrons. The number of benzene rings is 1. The number of nitrogens with zero attached hydrogens (tertiary/aromatic N) is 1. The van der Waals surface area contributed by atoms with Gasteiger partial charge in [-0.2, -0.15) is 5.10 Å². The molecule has 1 aromatic heterocycles. The number of aromatic nitrogens is 2. The number of rotatable bonds is 3. The quantitative estimate of drug-likeness (QED) is 0.753. The van der Waals surface area contributed by atoms with Crippen molar-refractivity contribution in [3.63, 3.8) is 0 Å². The molecule has 1 heterocycles. The first-order valence-electron chi connectivity index (χ1n) is 5.02. The van der Waals surface area contributed by atoms with E-state index in [0.29, 0.717) is 8.95 Å². The van der Waals surface area contributed by atoms with E-state index in [-0.39, 0.29) is 16.9 Å². The highest BCUT2D eigenvalue weighted by molar-refractivity contribution is 9.11. The van der Waals surface area contributed by atoms with Gasteiger partial charge in [0.05, 0.1) is 11.3 Å². The van der Waals surface area contributed by atoms with Gasteiger partial charge >= 0.3 is 5.97 Å². The van der Waals surface area contributed by atoms with Crippen LogP contribution in [-0.2, 0) is 0 Å².